The van der Waals surface area contributed by atoms with Crippen LogP contribution in [0.1, 0.15) is 20.8 Å². The summed E-state index contributed by atoms with van der Waals surface area (Å²) in [5.41, 5.74) is 0.132. The van der Waals surface area contributed by atoms with Crippen LogP contribution in [0.4, 0.5) is 10.5 Å². The van der Waals surface area contributed by atoms with Crippen LogP contribution in [0.25, 0.3) is 0 Å². The number of terminal acetylenes is 1. The molecule has 0 N–H and O–H groups in total. The van der Waals surface area contributed by atoms with Crippen molar-refractivity contribution in [3.63, 3.8) is 0 Å². The van der Waals surface area contributed by atoms with E-state index in [2.05, 4.69) is 10.9 Å². The van der Waals surface area contributed by atoms with Crippen LogP contribution in [-0.2, 0) is 9.30 Å². The molecule has 1 aromatic heterocycles. The Hall–Kier alpha value is -1.99. The van der Waals surface area contributed by atoms with Gasteiger partial charge in [0.05, 0.1) is 19.9 Å². The summed E-state index contributed by atoms with van der Waals surface area (Å²) in [5.74, 6) is 2.78. The minimum atomic E-state index is -2.55. The number of amides is 1. The third-order valence-electron chi connectivity index (χ3n) is 2.76. The smallest absolute Gasteiger partial charge is 0.415 e. The lowest BCUT2D eigenvalue weighted by atomic mass is 10.2. The topological polar surface area (TPSA) is 68.7 Å². The van der Waals surface area contributed by atoms with Crippen LogP contribution in [0, 0.1) is 12.3 Å². The number of anilines is 1. The molecule has 0 fully saturated rings. The lowest BCUT2D eigenvalue weighted by Crippen LogP contribution is -2.37. The number of carbonyl (C=O) groups is 1. The number of aromatic nitrogens is 1. The number of methoxy groups -OCH3 is 1. The summed E-state index contributed by atoms with van der Waals surface area (Å²) in [6.07, 6.45) is 6.18. The van der Waals surface area contributed by atoms with Gasteiger partial charge in [-0.1, -0.05) is 5.92 Å². The number of rotatable bonds is 4. The van der Waals surface area contributed by atoms with E-state index < -0.39 is 18.8 Å². The Balaban J connectivity index is 3.30. The Kier molecular flexibility index (Phi) is 5.85. The highest BCUT2D eigenvalue weighted by Crippen LogP contribution is 2.37. The van der Waals surface area contributed by atoms with Gasteiger partial charge in [0.15, 0.2) is 0 Å². The van der Waals surface area contributed by atoms with Gasteiger partial charge in [-0.3, -0.25) is 9.88 Å². The number of carbonyl (C=O) groups excluding carboxylic acids is 1. The second-order valence-electron chi connectivity index (χ2n) is 6.34. The van der Waals surface area contributed by atoms with Gasteiger partial charge in [-0.25, -0.2) is 4.79 Å². The molecule has 0 radical (unpaired) electrons. The van der Waals surface area contributed by atoms with Gasteiger partial charge in [0, 0.05) is 6.07 Å². The highest BCUT2D eigenvalue weighted by Gasteiger charge is 2.26. The molecule has 0 saturated heterocycles. The predicted molar refractivity (Wildman–Crippen MR) is 92.3 cm³/mol. The molecule has 7 heteroatoms. The third kappa shape index (κ3) is 5.30. The Bertz CT molecular complexity index is 668. The Morgan fingerprint density at radius 1 is 1.43 bits per heavy atom. The quantitative estimate of drug-likeness (QED) is 0.624. The van der Waals surface area contributed by atoms with Gasteiger partial charge in [-0.15, -0.1) is 6.42 Å². The zero-order valence-electron chi connectivity index (χ0n) is 14.4. The molecule has 0 unspecified atom stereocenters. The molecular formula is C16H23N2O4P. The molecule has 0 aliphatic rings. The van der Waals surface area contributed by atoms with Crippen molar-refractivity contribution in [2.75, 3.05) is 31.9 Å². The third-order valence-corrected chi connectivity index (χ3v) is 4.11. The van der Waals surface area contributed by atoms with E-state index in [1.54, 1.807) is 40.2 Å². The van der Waals surface area contributed by atoms with Crippen LogP contribution in [0.2, 0.25) is 0 Å². The molecule has 0 aromatic carbocycles. The van der Waals surface area contributed by atoms with E-state index in [0.717, 1.165) is 0 Å². The average Bonchev–Trinajstić information content (AvgIpc) is 2.41. The van der Waals surface area contributed by atoms with E-state index in [1.807, 2.05) is 0 Å². The van der Waals surface area contributed by atoms with Gasteiger partial charge in [-0.05, 0) is 34.1 Å². The molecule has 6 nitrogen and oxygen atoms in total. The molecule has 0 bridgehead atoms. The van der Waals surface area contributed by atoms with Crippen molar-refractivity contribution >= 4 is 24.4 Å². The summed E-state index contributed by atoms with van der Waals surface area (Å²) in [7, 11) is -1.09. The van der Waals surface area contributed by atoms with Crippen molar-refractivity contribution in [2.24, 2.45) is 0 Å². The number of hydrogen-bond donors (Lipinski definition) is 0. The SMILES string of the molecule is C#CCN(C(=O)OC(C)(C)C)c1cnc(P(C)(C)=O)cc1OC. The first-order chi connectivity index (χ1) is 10.5. The molecular weight excluding hydrogens is 315 g/mol. The van der Waals surface area contributed by atoms with Crippen LogP contribution >= 0.6 is 7.14 Å². The lowest BCUT2D eigenvalue weighted by Gasteiger charge is -2.27. The minimum Gasteiger partial charge on any atom is -0.494 e. The Labute approximate surface area is 137 Å². The first-order valence-electron chi connectivity index (χ1n) is 7.03. The van der Waals surface area contributed by atoms with Crippen LogP contribution in [0.5, 0.6) is 5.75 Å². The van der Waals surface area contributed by atoms with Gasteiger partial charge >= 0.3 is 6.09 Å². The van der Waals surface area contributed by atoms with Crippen molar-refractivity contribution in [1.29, 1.82) is 0 Å². The van der Waals surface area contributed by atoms with E-state index in [1.165, 1.54) is 18.2 Å². The fraction of sp³-hybridized carbons (Fsp3) is 0.500. The van der Waals surface area contributed by atoms with Crippen LogP contribution in [0.3, 0.4) is 0 Å². The maximum atomic E-state index is 12.4. The van der Waals surface area contributed by atoms with E-state index >= 15 is 0 Å². The van der Waals surface area contributed by atoms with Gasteiger partial charge in [-0.2, -0.15) is 0 Å². The number of pyridine rings is 1. The molecule has 0 spiro atoms. The predicted octanol–water partition coefficient (Wildman–Crippen LogP) is 2.71. The maximum Gasteiger partial charge on any atom is 0.415 e. The molecule has 0 aliphatic heterocycles. The van der Waals surface area contributed by atoms with E-state index in [-0.39, 0.29) is 6.54 Å². The van der Waals surface area contributed by atoms with Gasteiger partial charge < -0.3 is 14.0 Å². The molecule has 1 aromatic rings. The summed E-state index contributed by atoms with van der Waals surface area (Å²) in [5, 5.41) is 0. The van der Waals surface area contributed by atoms with Crippen molar-refractivity contribution in [3.05, 3.63) is 12.3 Å². The summed E-state index contributed by atoms with van der Waals surface area (Å²) in [6, 6.07) is 1.56. The van der Waals surface area contributed by atoms with Gasteiger partial charge in [0.1, 0.15) is 29.6 Å². The van der Waals surface area contributed by atoms with E-state index in [0.29, 0.717) is 16.9 Å². The number of ether oxygens (including phenoxy) is 2. The monoisotopic (exact) mass is 338 g/mol. The summed E-state index contributed by atoms with van der Waals surface area (Å²) in [4.78, 5) is 17.8. The Morgan fingerprint density at radius 2 is 2.04 bits per heavy atom. The summed E-state index contributed by atoms with van der Waals surface area (Å²) >= 11 is 0. The molecule has 1 amide bonds. The highest BCUT2D eigenvalue weighted by molar-refractivity contribution is 7.69. The van der Waals surface area contributed by atoms with Crippen molar-refractivity contribution in [2.45, 2.75) is 26.4 Å². The maximum absolute atomic E-state index is 12.4. The lowest BCUT2D eigenvalue weighted by molar-refractivity contribution is 0.0584. The highest BCUT2D eigenvalue weighted by atomic mass is 31.2. The van der Waals surface area contributed by atoms with E-state index in [4.69, 9.17) is 15.9 Å². The van der Waals surface area contributed by atoms with Crippen LogP contribution < -0.4 is 15.1 Å². The number of nitrogens with zero attached hydrogens (tertiary/aromatic N) is 2. The standard InChI is InChI=1S/C16H23N2O4P/c1-8-9-18(15(19)22-16(2,3)4)12-11-17-14(23(6,7)20)10-13(12)21-5/h1,10-11H,9H2,2-7H3. The zero-order valence-corrected chi connectivity index (χ0v) is 15.3. The number of hydrogen-bond acceptors (Lipinski definition) is 5. The molecule has 1 heterocycles. The summed E-state index contributed by atoms with van der Waals surface area (Å²) in [6.45, 7) is 8.52. The first-order valence-corrected chi connectivity index (χ1v) is 9.63. The second-order valence-corrected chi connectivity index (χ2v) is 9.50. The molecule has 126 valence electrons. The van der Waals surface area contributed by atoms with Gasteiger partial charge in [0.25, 0.3) is 0 Å². The molecule has 0 atom stereocenters. The van der Waals surface area contributed by atoms with Crippen LogP contribution in [0.15, 0.2) is 12.3 Å². The van der Waals surface area contributed by atoms with Crippen molar-refractivity contribution < 1.29 is 18.8 Å². The molecule has 23 heavy (non-hydrogen) atoms. The Morgan fingerprint density at radius 3 is 2.48 bits per heavy atom. The van der Waals surface area contributed by atoms with Crippen molar-refractivity contribution in [1.82, 2.24) is 4.98 Å². The fourth-order valence-electron chi connectivity index (χ4n) is 1.74. The first kappa shape index (κ1) is 19.1. The zero-order chi connectivity index (χ0) is 17.8. The van der Waals surface area contributed by atoms with E-state index in [9.17, 15) is 9.36 Å². The molecule has 1 rings (SSSR count). The normalized spacial score (nSPS) is 11.5. The molecule has 0 aliphatic carbocycles. The minimum absolute atomic E-state index is 0.00219. The average molecular weight is 338 g/mol. The second kappa shape index (κ2) is 7.06. The fourth-order valence-corrected chi connectivity index (χ4v) is 2.50. The largest absolute Gasteiger partial charge is 0.494 e. The summed E-state index contributed by atoms with van der Waals surface area (Å²) < 4.78 is 22.8. The molecule has 0 saturated carbocycles. The van der Waals surface area contributed by atoms with Crippen molar-refractivity contribution in [3.8, 4) is 18.1 Å². The van der Waals surface area contributed by atoms with Crippen LogP contribution in [-0.4, -0.2) is 43.7 Å². The van der Waals surface area contributed by atoms with Gasteiger partial charge in [0.2, 0.25) is 0 Å².